The third-order valence-electron chi connectivity index (χ3n) is 6.22. The fraction of sp³-hybridized carbons (Fsp3) is 0.190. The van der Waals surface area contributed by atoms with Crippen LogP contribution in [0.1, 0.15) is 16.2 Å². The maximum atomic E-state index is 14.1. The fourth-order valence-corrected chi connectivity index (χ4v) is 4.39. The van der Waals surface area contributed by atoms with E-state index in [0.29, 0.717) is 4.90 Å². The number of carbonyl (C=O) groups is 1. The summed E-state index contributed by atoms with van der Waals surface area (Å²) in [5.74, 6) is -2.82. The first-order valence-corrected chi connectivity index (χ1v) is 11.3. The molecule has 41 heavy (non-hydrogen) atoms. The van der Waals surface area contributed by atoms with Gasteiger partial charge in [0.2, 0.25) is 0 Å². The van der Waals surface area contributed by atoms with Crippen LogP contribution in [0, 0.1) is 0 Å². The Hall–Kier alpha value is -2.91. The van der Waals surface area contributed by atoms with Gasteiger partial charge in [0.15, 0.2) is 0 Å². The smallest absolute Gasteiger partial charge is 0.493 e. The van der Waals surface area contributed by atoms with Crippen LogP contribution < -0.4 is 47.7 Å². The summed E-state index contributed by atoms with van der Waals surface area (Å²) in [7, 11) is 67.7. The lowest BCUT2D eigenvalue weighted by atomic mass is 9.52. The number of halogens is 3. The average Bonchev–Trinajstić information content (AvgIpc) is 2.99. The first kappa shape index (κ1) is 31.0. The minimum absolute atomic E-state index is 0.270. The van der Waals surface area contributed by atoms with Crippen molar-refractivity contribution in [3.8, 4) is 22.6 Å². The summed E-state index contributed by atoms with van der Waals surface area (Å²) in [4.78, 5) is 22.7. The standard InChI is InChI=1S/C21H5B11F3N3O3/c22-8-5(6-10(24)13(27)16(14(28)11(6)25)41-21(33,34)35)9(23)12(26)15-7(8)17(39)38(19(29,30)4-40-15)20(31,32)18-36-2-1-3-37-18/h1-3H,4H2. The summed E-state index contributed by atoms with van der Waals surface area (Å²) >= 11 is 0. The molecule has 0 bridgehead atoms. The van der Waals surface area contributed by atoms with Gasteiger partial charge in [-0.25, -0.2) is 9.97 Å². The third kappa shape index (κ3) is 5.16. The number of alkyl halides is 3. The summed E-state index contributed by atoms with van der Waals surface area (Å²) in [6.45, 7) is -0.634. The number of benzene rings is 2. The highest BCUT2D eigenvalue weighted by Gasteiger charge is 2.46. The Bertz CT molecular complexity index is 1540. The molecular weight excluding hydrogens is 518 g/mol. The number of hydrogen-bond donors (Lipinski definition) is 0. The van der Waals surface area contributed by atoms with E-state index in [2.05, 4.69) is 14.7 Å². The number of rotatable bonds is 4. The van der Waals surface area contributed by atoms with E-state index in [4.69, 9.17) is 91.0 Å². The number of aromatic nitrogens is 2. The van der Waals surface area contributed by atoms with Gasteiger partial charge in [-0.05, 0) is 22.5 Å². The molecule has 0 unspecified atom stereocenters. The van der Waals surface area contributed by atoms with Gasteiger partial charge in [-0.3, -0.25) is 4.79 Å². The first-order valence-electron chi connectivity index (χ1n) is 11.3. The van der Waals surface area contributed by atoms with Crippen molar-refractivity contribution in [2.24, 2.45) is 0 Å². The molecule has 3 aromatic rings. The van der Waals surface area contributed by atoms with Crippen molar-refractivity contribution in [2.75, 3.05) is 6.61 Å². The largest absolute Gasteiger partial charge is 0.573 e. The Kier molecular flexibility index (Phi) is 7.89. The van der Waals surface area contributed by atoms with E-state index >= 15 is 0 Å². The number of ether oxygens (including phenoxy) is 2. The van der Waals surface area contributed by atoms with E-state index < -0.39 is 68.2 Å². The van der Waals surface area contributed by atoms with E-state index in [-0.39, 0.29) is 33.6 Å². The third-order valence-corrected chi connectivity index (χ3v) is 6.22. The Labute approximate surface area is 248 Å². The molecule has 0 fully saturated rings. The minimum atomic E-state index is -5.20. The predicted octanol–water partition coefficient (Wildman–Crippen LogP) is -6.43. The van der Waals surface area contributed by atoms with Crippen LogP contribution in [0.3, 0.4) is 0 Å². The van der Waals surface area contributed by atoms with Gasteiger partial charge in [-0.2, -0.15) is 0 Å². The van der Waals surface area contributed by atoms with Gasteiger partial charge < -0.3 is 14.4 Å². The number of hydrogen-bond acceptors (Lipinski definition) is 5. The second-order valence-corrected chi connectivity index (χ2v) is 9.04. The van der Waals surface area contributed by atoms with Gasteiger partial charge in [-0.1, -0.05) is 38.2 Å². The van der Waals surface area contributed by atoms with Crippen LogP contribution in [-0.2, 0) is 5.34 Å². The van der Waals surface area contributed by atoms with Crippen LogP contribution in [0.15, 0.2) is 18.5 Å². The van der Waals surface area contributed by atoms with E-state index in [1.165, 1.54) is 18.5 Å². The van der Waals surface area contributed by atoms with Crippen LogP contribution in [0.2, 0.25) is 0 Å². The number of amides is 1. The Morgan fingerprint density at radius 3 is 1.80 bits per heavy atom. The fourth-order valence-electron chi connectivity index (χ4n) is 4.39. The Morgan fingerprint density at radius 1 is 0.805 bits per heavy atom. The second-order valence-electron chi connectivity index (χ2n) is 9.04. The van der Waals surface area contributed by atoms with E-state index in [1.807, 2.05) is 0 Å². The number of nitrogens with zero attached hydrogens (tertiary/aromatic N) is 3. The van der Waals surface area contributed by atoms with Crippen LogP contribution in [0.25, 0.3) is 11.1 Å². The molecule has 176 valence electrons. The Balaban J connectivity index is 2.03. The highest BCUT2D eigenvalue weighted by molar-refractivity contribution is 6.64. The van der Waals surface area contributed by atoms with Crippen LogP contribution in [0.5, 0.6) is 11.5 Å². The van der Waals surface area contributed by atoms with Gasteiger partial charge in [-0.15, -0.1) is 13.2 Å². The molecule has 0 aliphatic carbocycles. The highest BCUT2D eigenvalue weighted by Crippen LogP contribution is 2.33. The molecule has 20 heteroatoms. The van der Waals surface area contributed by atoms with Gasteiger partial charge in [0, 0.05) is 17.7 Å². The normalized spacial score (nSPS) is 15.1. The molecule has 22 radical (unpaired) electrons. The summed E-state index contributed by atoms with van der Waals surface area (Å²) in [5, 5.41) is -4.56. The van der Waals surface area contributed by atoms with Crippen molar-refractivity contribution < 1.29 is 27.4 Å². The summed E-state index contributed by atoms with van der Waals surface area (Å²) < 4.78 is 48.5. The molecule has 0 saturated carbocycles. The maximum absolute atomic E-state index is 14.1. The van der Waals surface area contributed by atoms with Gasteiger partial charge in [0.05, 0.1) is 27.9 Å². The summed E-state index contributed by atoms with van der Waals surface area (Å²) in [6.07, 6.45) is -2.59. The monoisotopic (exact) mass is 525 g/mol. The highest BCUT2D eigenvalue weighted by atomic mass is 19.4. The summed E-state index contributed by atoms with van der Waals surface area (Å²) in [5.41, 5.74) is -5.10. The van der Waals surface area contributed by atoms with E-state index in [1.54, 1.807) is 0 Å². The maximum Gasteiger partial charge on any atom is 0.573 e. The molecule has 1 aliphatic rings. The molecule has 2 aromatic carbocycles. The van der Waals surface area contributed by atoms with Crippen molar-refractivity contribution >= 4 is 130 Å². The molecule has 1 aromatic heterocycles. The lowest BCUT2D eigenvalue weighted by molar-refractivity contribution is -0.273. The molecule has 1 amide bonds. The predicted molar refractivity (Wildman–Crippen MR) is 157 cm³/mol. The van der Waals surface area contributed by atoms with E-state index in [0.717, 1.165) is 0 Å². The van der Waals surface area contributed by atoms with Crippen molar-refractivity contribution in [2.45, 2.75) is 17.0 Å². The molecule has 0 spiro atoms. The van der Waals surface area contributed by atoms with Crippen molar-refractivity contribution in [3.05, 3.63) is 29.8 Å². The Morgan fingerprint density at radius 2 is 1.29 bits per heavy atom. The molecule has 1 aliphatic heterocycles. The van der Waals surface area contributed by atoms with Gasteiger partial charge >= 0.3 is 6.36 Å². The zero-order chi connectivity index (χ0) is 30.8. The quantitative estimate of drug-likeness (QED) is 0.319. The lowest BCUT2D eigenvalue weighted by Crippen LogP contribution is -2.65. The molecule has 6 nitrogen and oxygen atoms in total. The van der Waals surface area contributed by atoms with Gasteiger partial charge in [0.1, 0.15) is 87.9 Å². The zero-order valence-corrected chi connectivity index (χ0v) is 21.0. The van der Waals surface area contributed by atoms with E-state index in [9.17, 15) is 18.0 Å². The van der Waals surface area contributed by atoms with Crippen molar-refractivity contribution in [1.82, 2.24) is 14.9 Å². The second kappa shape index (κ2) is 10.4. The van der Waals surface area contributed by atoms with Crippen LogP contribution in [0.4, 0.5) is 13.2 Å². The van der Waals surface area contributed by atoms with Crippen molar-refractivity contribution in [1.29, 1.82) is 0 Å². The number of fused-ring (bicyclic) bond motifs is 1. The minimum Gasteiger partial charge on any atom is -0.493 e. The topological polar surface area (TPSA) is 64.6 Å². The van der Waals surface area contributed by atoms with Crippen LogP contribution >= 0.6 is 0 Å². The molecule has 2 heterocycles. The van der Waals surface area contributed by atoms with Crippen LogP contribution in [-0.4, -0.2) is 125 Å². The number of carbonyl (C=O) groups excluding carboxylic acids is 1. The molecular formula is C21H5B11F3N3O3. The molecule has 0 saturated heterocycles. The zero-order valence-electron chi connectivity index (χ0n) is 21.0. The van der Waals surface area contributed by atoms with Gasteiger partial charge in [0.25, 0.3) is 5.91 Å². The van der Waals surface area contributed by atoms with Crippen molar-refractivity contribution in [3.63, 3.8) is 0 Å². The molecule has 4 rings (SSSR count). The SMILES string of the molecule is [B]c1c([B])c(-c2c([B])c([B])c3c(c2[B])C(=O)N(C([B])([B])c2ncccn2)C([B])([B])CO3)c([B])c([B])c1OC(F)(F)F. The summed E-state index contributed by atoms with van der Waals surface area (Å²) in [6, 6.07) is 1.46. The molecule has 0 N–H and O–H groups in total. The first-order chi connectivity index (χ1) is 18.8. The molecule has 0 atom stereocenters. The lowest BCUT2D eigenvalue weighted by Gasteiger charge is -2.48. The average molecular weight is 523 g/mol.